The van der Waals surface area contributed by atoms with Crippen molar-refractivity contribution in [2.45, 2.75) is 16.9 Å². The molecule has 2 rings (SSSR count). The number of halogens is 4. The largest absolute Gasteiger partial charge is 0.361 e. The summed E-state index contributed by atoms with van der Waals surface area (Å²) in [5, 5.41) is 6.09. The zero-order valence-corrected chi connectivity index (χ0v) is 15.1. The van der Waals surface area contributed by atoms with Gasteiger partial charge in [-0.3, -0.25) is 4.79 Å². The maximum atomic E-state index is 12.4. The first kappa shape index (κ1) is 18.2. The highest BCUT2D eigenvalue weighted by molar-refractivity contribution is 6.68. The number of benzene rings is 2. The number of para-hydroxylation sites is 1. The van der Waals surface area contributed by atoms with Crippen LogP contribution in [0.25, 0.3) is 0 Å². The lowest BCUT2D eigenvalue weighted by molar-refractivity contribution is 0.0941. The third kappa shape index (κ3) is 4.92. The number of rotatable bonds is 4. The van der Waals surface area contributed by atoms with Crippen LogP contribution in [0.4, 0.5) is 5.69 Å². The maximum Gasteiger partial charge on any atom is 0.253 e. The number of amides is 1. The molecule has 2 aromatic carbocycles. The average molecular weight is 392 g/mol. The number of carbonyl (C=O) groups excluding carboxylic acids is 1. The molecule has 0 bridgehead atoms. The molecule has 23 heavy (non-hydrogen) atoms. The van der Waals surface area contributed by atoms with Crippen LogP contribution in [0.3, 0.4) is 0 Å². The van der Waals surface area contributed by atoms with Crippen molar-refractivity contribution in [3.05, 3.63) is 64.7 Å². The summed E-state index contributed by atoms with van der Waals surface area (Å²) in [6.45, 7) is 1.83. The molecule has 1 amide bonds. The zero-order valence-electron chi connectivity index (χ0n) is 12.1. The molecule has 0 spiro atoms. The molecule has 0 aromatic heterocycles. The second kappa shape index (κ2) is 7.63. The fourth-order valence-corrected chi connectivity index (χ4v) is 2.49. The normalized spacial score (nSPS) is 12.6. The Labute approximate surface area is 154 Å². The number of nitrogens with one attached hydrogen (secondary N) is 2. The summed E-state index contributed by atoms with van der Waals surface area (Å²) < 4.78 is -1.77. The minimum Gasteiger partial charge on any atom is -0.361 e. The van der Waals surface area contributed by atoms with Crippen molar-refractivity contribution in [1.82, 2.24) is 5.32 Å². The first-order chi connectivity index (χ1) is 10.8. The van der Waals surface area contributed by atoms with Crippen LogP contribution in [0, 0.1) is 6.92 Å². The lowest BCUT2D eigenvalue weighted by Gasteiger charge is -2.28. The molecule has 0 unspecified atom stereocenters. The van der Waals surface area contributed by atoms with Gasteiger partial charge in [0.25, 0.3) is 5.91 Å². The third-order valence-corrected chi connectivity index (χ3v) is 4.15. The van der Waals surface area contributed by atoms with Crippen molar-refractivity contribution >= 4 is 58.0 Å². The molecule has 2 aromatic rings. The summed E-state index contributed by atoms with van der Waals surface area (Å²) in [5.74, 6) is -0.348. The van der Waals surface area contributed by atoms with E-state index >= 15 is 0 Å². The van der Waals surface area contributed by atoms with Crippen LogP contribution < -0.4 is 10.6 Å². The second-order valence-electron chi connectivity index (χ2n) is 4.89. The second-order valence-corrected chi connectivity index (χ2v) is 7.66. The van der Waals surface area contributed by atoms with Crippen molar-refractivity contribution < 1.29 is 4.79 Å². The quantitative estimate of drug-likeness (QED) is 0.556. The molecule has 0 aliphatic heterocycles. The molecule has 2 N–H and O–H groups in total. The molecule has 0 aliphatic carbocycles. The third-order valence-electron chi connectivity index (χ3n) is 3.17. The van der Waals surface area contributed by atoms with Crippen LogP contribution in [-0.4, -0.2) is 15.9 Å². The lowest BCUT2D eigenvalue weighted by Crippen LogP contribution is -2.49. The van der Waals surface area contributed by atoms with Crippen molar-refractivity contribution in [3.8, 4) is 0 Å². The van der Waals surface area contributed by atoms with Gasteiger partial charge in [0.2, 0.25) is 3.79 Å². The Morgan fingerprint density at radius 2 is 1.65 bits per heavy atom. The minimum absolute atomic E-state index is 0.348. The summed E-state index contributed by atoms with van der Waals surface area (Å²) in [6, 6.07) is 14.1. The van der Waals surface area contributed by atoms with Gasteiger partial charge in [-0.1, -0.05) is 76.7 Å². The molecule has 0 heterocycles. The molecular formula is C16H14Cl4N2O. The van der Waals surface area contributed by atoms with E-state index in [-0.39, 0.29) is 5.91 Å². The highest BCUT2D eigenvalue weighted by atomic mass is 35.6. The van der Waals surface area contributed by atoms with Crippen LogP contribution in [0.1, 0.15) is 15.9 Å². The number of hydrogen-bond donors (Lipinski definition) is 2. The van der Waals surface area contributed by atoms with Gasteiger partial charge in [0.1, 0.15) is 6.17 Å². The average Bonchev–Trinajstić information content (AvgIpc) is 2.48. The molecule has 122 valence electrons. The number of hydrogen-bond acceptors (Lipinski definition) is 2. The Balaban J connectivity index is 2.22. The van der Waals surface area contributed by atoms with Gasteiger partial charge in [-0.2, -0.15) is 0 Å². The molecule has 1 atom stereocenters. The van der Waals surface area contributed by atoms with Gasteiger partial charge in [0, 0.05) is 5.56 Å². The van der Waals surface area contributed by atoms with Crippen LogP contribution in [0.15, 0.2) is 48.5 Å². The van der Waals surface area contributed by atoms with Gasteiger partial charge in [0.15, 0.2) is 0 Å². The van der Waals surface area contributed by atoms with Crippen molar-refractivity contribution in [3.63, 3.8) is 0 Å². The van der Waals surface area contributed by atoms with E-state index in [0.717, 1.165) is 5.56 Å². The predicted octanol–water partition coefficient (Wildman–Crippen LogP) is 5.19. The van der Waals surface area contributed by atoms with Crippen molar-refractivity contribution in [1.29, 1.82) is 0 Å². The van der Waals surface area contributed by atoms with Crippen molar-refractivity contribution in [2.24, 2.45) is 0 Å². The van der Waals surface area contributed by atoms with Crippen LogP contribution >= 0.6 is 46.4 Å². The lowest BCUT2D eigenvalue weighted by atomic mass is 10.1. The van der Waals surface area contributed by atoms with E-state index in [1.54, 1.807) is 36.4 Å². The Morgan fingerprint density at radius 1 is 1.04 bits per heavy atom. The van der Waals surface area contributed by atoms with Gasteiger partial charge in [0.05, 0.1) is 10.7 Å². The fourth-order valence-electron chi connectivity index (χ4n) is 1.97. The van der Waals surface area contributed by atoms with Gasteiger partial charge < -0.3 is 10.6 Å². The van der Waals surface area contributed by atoms with E-state index in [2.05, 4.69) is 10.6 Å². The van der Waals surface area contributed by atoms with Gasteiger partial charge in [-0.15, -0.1) is 0 Å². The van der Waals surface area contributed by atoms with E-state index in [9.17, 15) is 4.79 Å². The van der Waals surface area contributed by atoms with E-state index in [0.29, 0.717) is 16.3 Å². The Morgan fingerprint density at radius 3 is 2.26 bits per heavy atom. The predicted molar refractivity (Wildman–Crippen MR) is 97.8 cm³/mol. The summed E-state index contributed by atoms with van der Waals surface area (Å²) in [4.78, 5) is 12.4. The van der Waals surface area contributed by atoms with E-state index in [1.165, 1.54) is 0 Å². The molecule has 0 aliphatic rings. The van der Waals surface area contributed by atoms with E-state index in [1.807, 2.05) is 19.1 Å². The van der Waals surface area contributed by atoms with Crippen molar-refractivity contribution in [2.75, 3.05) is 5.32 Å². The molecule has 0 saturated carbocycles. The SMILES string of the molecule is Cc1ccccc1C(=O)N[C@H](Nc1ccccc1Cl)C(Cl)(Cl)Cl. The summed E-state index contributed by atoms with van der Waals surface area (Å²) in [6.07, 6.45) is -0.959. The number of carbonyl (C=O) groups is 1. The first-order valence-corrected chi connectivity index (χ1v) is 8.24. The molecular weight excluding hydrogens is 378 g/mol. The molecule has 0 radical (unpaired) electrons. The fraction of sp³-hybridized carbons (Fsp3) is 0.188. The Bertz CT molecular complexity index is 700. The number of alkyl halides is 3. The standard InChI is InChI=1S/C16H14Cl4N2O/c1-10-6-2-3-7-11(10)14(23)22-15(16(18,19)20)21-13-9-5-4-8-12(13)17/h2-9,15,21H,1H3,(H,22,23)/t15-/m0/s1. The van der Waals surface area contributed by atoms with Crippen LogP contribution in [0.2, 0.25) is 5.02 Å². The smallest absolute Gasteiger partial charge is 0.253 e. The van der Waals surface area contributed by atoms with Gasteiger partial charge in [-0.05, 0) is 30.7 Å². The maximum absolute atomic E-state index is 12.4. The number of anilines is 1. The number of aryl methyl sites for hydroxylation is 1. The van der Waals surface area contributed by atoms with E-state index < -0.39 is 9.96 Å². The highest BCUT2D eigenvalue weighted by Crippen LogP contribution is 2.33. The Kier molecular flexibility index (Phi) is 6.04. The molecule has 0 saturated heterocycles. The highest BCUT2D eigenvalue weighted by Gasteiger charge is 2.34. The topological polar surface area (TPSA) is 41.1 Å². The summed E-state index contributed by atoms with van der Waals surface area (Å²) in [5.41, 5.74) is 1.88. The molecule has 3 nitrogen and oxygen atoms in total. The monoisotopic (exact) mass is 390 g/mol. The van der Waals surface area contributed by atoms with Gasteiger partial charge >= 0.3 is 0 Å². The zero-order chi connectivity index (χ0) is 17.0. The van der Waals surface area contributed by atoms with Crippen LogP contribution in [0.5, 0.6) is 0 Å². The van der Waals surface area contributed by atoms with Gasteiger partial charge in [-0.25, -0.2) is 0 Å². The summed E-state index contributed by atoms with van der Waals surface area (Å²) in [7, 11) is 0. The molecule has 7 heteroatoms. The summed E-state index contributed by atoms with van der Waals surface area (Å²) >= 11 is 24.0. The molecule has 0 fully saturated rings. The first-order valence-electron chi connectivity index (χ1n) is 6.73. The Hall–Kier alpha value is -1.13. The van der Waals surface area contributed by atoms with E-state index in [4.69, 9.17) is 46.4 Å². The van der Waals surface area contributed by atoms with Crippen LogP contribution in [-0.2, 0) is 0 Å². The minimum atomic E-state index is -1.77.